The highest BCUT2D eigenvalue weighted by Gasteiger charge is 2.12. The van der Waals surface area contributed by atoms with Crippen molar-refractivity contribution in [2.75, 3.05) is 6.61 Å². The van der Waals surface area contributed by atoms with Gasteiger partial charge in [-0.1, -0.05) is 41.7 Å². The first-order valence-corrected chi connectivity index (χ1v) is 11.4. The van der Waals surface area contributed by atoms with Crippen LogP contribution in [0.15, 0.2) is 71.5 Å². The van der Waals surface area contributed by atoms with Crippen LogP contribution < -0.4 is 19.6 Å². The standard InChI is InChI=1S/C25H19N3O5S/c1-2-32-22-13-16(10-11-21(22)33-15-17-6-5-7-18(12-17)28(30)31)14-23-24(29)27-20-9-4-3-8-19(20)26-25(27)34-23/h3-14H,2,15H2,1H3. The number of nitro groups is 1. The molecule has 0 fully saturated rings. The van der Waals surface area contributed by atoms with Crippen LogP contribution in [0.25, 0.3) is 22.1 Å². The van der Waals surface area contributed by atoms with Crippen molar-refractivity contribution in [1.82, 2.24) is 9.38 Å². The number of imidazole rings is 1. The average molecular weight is 474 g/mol. The molecule has 8 nitrogen and oxygen atoms in total. The Morgan fingerprint density at radius 1 is 1.06 bits per heavy atom. The second kappa shape index (κ2) is 8.95. The SMILES string of the molecule is CCOc1cc(C=c2sc3nc4ccccc4n3c2=O)ccc1OCc1cccc([N+](=O)[O-])c1. The van der Waals surface area contributed by atoms with Crippen molar-refractivity contribution in [3.05, 3.63) is 103 Å². The Balaban J connectivity index is 1.46. The van der Waals surface area contributed by atoms with Crippen LogP contribution in [0.2, 0.25) is 0 Å². The fourth-order valence-corrected chi connectivity index (χ4v) is 4.67. The number of nitrogens with zero attached hydrogens (tertiary/aromatic N) is 3. The van der Waals surface area contributed by atoms with Gasteiger partial charge in [0.1, 0.15) is 6.61 Å². The predicted molar refractivity (Wildman–Crippen MR) is 131 cm³/mol. The molecule has 34 heavy (non-hydrogen) atoms. The Bertz CT molecular complexity index is 1640. The molecule has 0 atom stereocenters. The molecule has 170 valence electrons. The molecule has 0 spiro atoms. The third-order valence-corrected chi connectivity index (χ3v) is 6.20. The van der Waals surface area contributed by atoms with Gasteiger partial charge in [-0.3, -0.25) is 14.9 Å². The van der Waals surface area contributed by atoms with Crippen molar-refractivity contribution in [2.24, 2.45) is 0 Å². The molecule has 0 aliphatic rings. The van der Waals surface area contributed by atoms with Crippen LogP contribution in [0.1, 0.15) is 18.1 Å². The van der Waals surface area contributed by atoms with Gasteiger partial charge in [0.05, 0.1) is 27.1 Å². The van der Waals surface area contributed by atoms with Crippen molar-refractivity contribution < 1.29 is 14.4 Å². The molecule has 0 radical (unpaired) electrons. The van der Waals surface area contributed by atoms with Gasteiger partial charge in [-0.05, 0) is 48.4 Å². The lowest BCUT2D eigenvalue weighted by Crippen LogP contribution is -2.22. The lowest BCUT2D eigenvalue weighted by atomic mass is 10.2. The first-order chi connectivity index (χ1) is 16.5. The molecule has 2 aromatic heterocycles. The number of nitro benzene ring substituents is 1. The van der Waals surface area contributed by atoms with E-state index >= 15 is 0 Å². The average Bonchev–Trinajstić information content (AvgIpc) is 3.35. The number of ether oxygens (including phenoxy) is 2. The number of hydrogen-bond donors (Lipinski definition) is 0. The molecular weight excluding hydrogens is 454 g/mol. The molecular formula is C25H19N3O5S. The van der Waals surface area contributed by atoms with Crippen molar-refractivity contribution in [3.8, 4) is 11.5 Å². The molecule has 3 aromatic carbocycles. The maximum atomic E-state index is 13.0. The largest absolute Gasteiger partial charge is 0.490 e. The summed E-state index contributed by atoms with van der Waals surface area (Å²) < 4.78 is 13.8. The number of fused-ring (bicyclic) bond motifs is 3. The Labute approximate surface area is 197 Å². The van der Waals surface area contributed by atoms with Gasteiger partial charge in [-0.2, -0.15) is 0 Å². The summed E-state index contributed by atoms with van der Waals surface area (Å²) in [4.78, 5) is 28.8. The number of hydrogen-bond acceptors (Lipinski definition) is 7. The molecule has 0 unspecified atom stereocenters. The molecule has 0 saturated carbocycles. The molecule has 9 heteroatoms. The lowest BCUT2D eigenvalue weighted by Gasteiger charge is -2.12. The van der Waals surface area contributed by atoms with E-state index in [2.05, 4.69) is 4.98 Å². The quantitative estimate of drug-likeness (QED) is 0.258. The number of non-ortho nitro benzene ring substituents is 1. The number of benzene rings is 3. The van der Waals surface area contributed by atoms with Gasteiger partial charge >= 0.3 is 0 Å². The Hall–Kier alpha value is -4.24. The van der Waals surface area contributed by atoms with Gasteiger partial charge in [-0.15, -0.1) is 0 Å². The van der Waals surface area contributed by atoms with Gasteiger partial charge in [0, 0.05) is 12.1 Å². The first-order valence-electron chi connectivity index (χ1n) is 10.6. The highest BCUT2D eigenvalue weighted by atomic mass is 32.1. The summed E-state index contributed by atoms with van der Waals surface area (Å²) >= 11 is 1.34. The van der Waals surface area contributed by atoms with E-state index in [9.17, 15) is 14.9 Å². The zero-order chi connectivity index (χ0) is 23.7. The molecule has 0 N–H and O–H groups in total. The molecule has 0 bridgehead atoms. The van der Waals surface area contributed by atoms with Crippen molar-refractivity contribution in [3.63, 3.8) is 0 Å². The summed E-state index contributed by atoms with van der Waals surface area (Å²) in [6, 6.07) is 19.3. The molecule has 5 rings (SSSR count). The Morgan fingerprint density at radius 3 is 2.74 bits per heavy atom. The van der Waals surface area contributed by atoms with Crippen LogP contribution >= 0.6 is 11.3 Å². The zero-order valence-corrected chi connectivity index (χ0v) is 19.0. The maximum absolute atomic E-state index is 13.0. The summed E-state index contributed by atoms with van der Waals surface area (Å²) in [5.74, 6) is 1.04. The Morgan fingerprint density at radius 2 is 1.91 bits per heavy atom. The van der Waals surface area contributed by atoms with E-state index in [4.69, 9.17) is 9.47 Å². The molecule has 5 aromatic rings. The highest BCUT2D eigenvalue weighted by molar-refractivity contribution is 7.15. The fraction of sp³-hybridized carbons (Fsp3) is 0.120. The predicted octanol–water partition coefficient (Wildman–Crippen LogP) is 4.34. The molecule has 0 saturated heterocycles. The van der Waals surface area contributed by atoms with Crippen molar-refractivity contribution in [1.29, 1.82) is 0 Å². The van der Waals surface area contributed by atoms with Crippen LogP contribution in [-0.4, -0.2) is 20.9 Å². The van der Waals surface area contributed by atoms with Gasteiger partial charge in [-0.25, -0.2) is 9.38 Å². The van der Waals surface area contributed by atoms with Gasteiger partial charge in [0.25, 0.3) is 11.2 Å². The first kappa shape index (κ1) is 21.6. The summed E-state index contributed by atoms with van der Waals surface area (Å²) in [5, 5.41) is 11.0. The van der Waals surface area contributed by atoms with E-state index in [1.807, 2.05) is 49.4 Å². The van der Waals surface area contributed by atoms with Gasteiger partial charge in [0.15, 0.2) is 16.5 Å². The Kier molecular flexibility index (Phi) is 5.69. The van der Waals surface area contributed by atoms with E-state index < -0.39 is 4.92 Å². The minimum atomic E-state index is -0.436. The summed E-state index contributed by atoms with van der Waals surface area (Å²) in [6.07, 6.45) is 1.81. The van der Waals surface area contributed by atoms with Gasteiger partial charge in [0.2, 0.25) is 0 Å². The highest BCUT2D eigenvalue weighted by Crippen LogP contribution is 2.30. The van der Waals surface area contributed by atoms with E-state index in [0.717, 1.165) is 16.6 Å². The smallest absolute Gasteiger partial charge is 0.274 e. The van der Waals surface area contributed by atoms with E-state index in [-0.39, 0.29) is 17.9 Å². The number of para-hydroxylation sites is 2. The van der Waals surface area contributed by atoms with Crippen molar-refractivity contribution >= 4 is 39.1 Å². The summed E-state index contributed by atoms with van der Waals surface area (Å²) in [7, 11) is 0. The van der Waals surface area contributed by atoms with E-state index in [0.29, 0.717) is 33.2 Å². The van der Waals surface area contributed by atoms with E-state index in [1.54, 1.807) is 22.6 Å². The lowest BCUT2D eigenvalue weighted by molar-refractivity contribution is -0.384. The third kappa shape index (κ3) is 4.08. The second-order valence-corrected chi connectivity index (χ2v) is 8.50. The number of aromatic nitrogens is 2. The van der Waals surface area contributed by atoms with Crippen LogP contribution in [0.3, 0.4) is 0 Å². The third-order valence-electron chi connectivity index (χ3n) is 5.23. The van der Waals surface area contributed by atoms with Crippen LogP contribution in [0, 0.1) is 10.1 Å². The summed E-state index contributed by atoms with van der Waals surface area (Å²) in [5.41, 5.74) is 2.95. The molecule has 0 aliphatic carbocycles. The van der Waals surface area contributed by atoms with E-state index in [1.165, 1.54) is 23.5 Å². The van der Waals surface area contributed by atoms with Crippen LogP contribution in [0.4, 0.5) is 5.69 Å². The van der Waals surface area contributed by atoms with Gasteiger partial charge < -0.3 is 9.47 Å². The number of thiazole rings is 1. The summed E-state index contributed by atoms with van der Waals surface area (Å²) in [6.45, 7) is 2.46. The molecule has 2 heterocycles. The zero-order valence-electron chi connectivity index (χ0n) is 18.1. The minimum Gasteiger partial charge on any atom is -0.490 e. The van der Waals surface area contributed by atoms with Crippen LogP contribution in [0.5, 0.6) is 11.5 Å². The minimum absolute atomic E-state index is 0.0135. The number of rotatable bonds is 7. The maximum Gasteiger partial charge on any atom is 0.274 e. The molecule has 0 aliphatic heterocycles. The topological polar surface area (TPSA) is 96.0 Å². The normalized spacial score (nSPS) is 11.9. The molecule has 0 amide bonds. The fourth-order valence-electron chi connectivity index (χ4n) is 3.69. The van der Waals surface area contributed by atoms with Crippen LogP contribution in [-0.2, 0) is 6.61 Å². The second-order valence-electron chi connectivity index (χ2n) is 7.49. The van der Waals surface area contributed by atoms with Crippen molar-refractivity contribution in [2.45, 2.75) is 13.5 Å². The monoisotopic (exact) mass is 473 g/mol.